The molecule has 1 saturated carbocycles. The van der Waals surface area contributed by atoms with Crippen LogP contribution in [0, 0.1) is 0 Å². The maximum absolute atomic E-state index is 12.8. The quantitative estimate of drug-likeness (QED) is 0.669. The Morgan fingerprint density at radius 1 is 1.16 bits per heavy atom. The fourth-order valence-electron chi connectivity index (χ4n) is 4.45. The zero-order chi connectivity index (χ0) is 21.8. The van der Waals surface area contributed by atoms with E-state index >= 15 is 0 Å². The molecule has 0 unspecified atom stereocenters. The maximum atomic E-state index is 12.8. The third-order valence-corrected chi connectivity index (χ3v) is 6.31. The minimum absolute atomic E-state index is 0.203. The van der Waals surface area contributed by atoms with Crippen molar-refractivity contribution in [2.45, 2.75) is 50.5 Å². The highest BCUT2D eigenvalue weighted by molar-refractivity contribution is 6.09. The van der Waals surface area contributed by atoms with E-state index in [-0.39, 0.29) is 18.4 Å². The Labute approximate surface area is 182 Å². The molecule has 31 heavy (non-hydrogen) atoms. The van der Waals surface area contributed by atoms with Crippen molar-refractivity contribution in [3.63, 3.8) is 0 Å². The predicted molar refractivity (Wildman–Crippen MR) is 116 cm³/mol. The van der Waals surface area contributed by atoms with Crippen molar-refractivity contribution in [3.8, 4) is 11.3 Å². The highest BCUT2D eigenvalue weighted by atomic mass is 16.2. The highest BCUT2D eigenvalue weighted by Gasteiger charge is 2.51. The van der Waals surface area contributed by atoms with Crippen LogP contribution < -0.4 is 5.32 Å². The number of nitrogens with one attached hydrogen (secondary N) is 2. The fourth-order valence-corrected chi connectivity index (χ4v) is 4.45. The van der Waals surface area contributed by atoms with E-state index in [1.165, 1.54) is 0 Å². The van der Waals surface area contributed by atoms with Crippen LogP contribution in [0.3, 0.4) is 0 Å². The lowest BCUT2D eigenvalue weighted by molar-refractivity contribution is -0.139. The second-order valence-corrected chi connectivity index (χ2v) is 8.53. The molecule has 2 heterocycles. The second kappa shape index (κ2) is 8.91. The Hall–Kier alpha value is -3.16. The molecule has 2 aromatic rings. The first-order valence-corrected chi connectivity index (χ1v) is 11.0. The van der Waals surface area contributed by atoms with E-state index in [4.69, 9.17) is 0 Å². The molecule has 0 radical (unpaired) electrons. The maximum Gasteiger partial charge on any atom is 0.325 e. The van der Waals surface area contributed by atoms with E-state index in [0.29, 0.717) is 19.4 Å². The largest absolute Gasteiger partial charge is 0.344 e. The summed E-state index contributed by atoms with van der Waals surface area (Å²) in [6, 6.07) is 11.5. The van der Waals surface area contributed by atoms with Gasteiger partial charge in [0.15, 0.2) is 0 Å². The van der Waals surface area contributed by atoms with Gasteiger partial charge in [0.1, 0.15) is 12.1 Å². The molecule has 8 heteroatoms. The monoisotopic (exact) mass is 423 g/mol. The summed E-state index contributed by atoms with van der Waals surface area (Å²) in [5.41, 5.74) is 2.18. The third-order valence-electron chi connectivity index (χ3n) is 6.31. The number of hydrogen-bond donors (Lipinski definition) is 2. The van der Waals surface area contributed by atoms with Gasteiger partial charge in [-0.25, -0.2) is 4.79 Å². The lowest BCUT2D eigenvalue weighted by Crippen LogP contribution is -2.49. The molecule has 1 aliphatic heterocycles. The molecule has 0 bridgehead atoms. The number of benzene rings is 1. The first-order chi connectivity index (χ1) is 15.0. The Balaban J connectivity index is 1.26. The molecule has 8 nitrogen and oxygen atoms in total. The summed E-state index contributed by atoms with van der Waals surface area (Å²) in [4.78, 5) is 40.5. The van der Waals surface area contributed by atoms with E-state index in [1.807, 2.05) is 36.4 Å². The Bertz CT molecular complexity index is 949. The topological polar surface area (TPSA) is 98.4 Å². The average molecular weight is 424 g/mol. The molecule has 2 aliphatic rings. The summed E-state index contributed by atoms with van der Waals surface area (Å²) in [5, 5.41) is 10.3. The summed E-state index contributed by atoms with van der Waals surface area (Å²) in [6.45, 7) is 0.332. The number of imide groups is 1. The van der Waals surface area contributed by atoms with Crippen LogP contribution in [0.1, 0.15) is 44.2 Å². The minimum atomic E-state index is -0.786. The van der Waals surface area contributed by atoms with E-state index in [1.54, 1.807) is 11.9 Å². The first-order valence-electron chi connectivity index (χ1n) is 11.0. The Morgan fingerprint density at radius 3 is 2.65 bits per heavy atom. The van der Waals surface area contributed by atoms with Crippen molar-refractivity contribution in [3.05, 3.63) is 42.1 Å². The van der Waals surface area contributed by atoms with Crippen LogP contribution in [-0.4, -0.2) is 63.5 Å². The molecule has 1 saturated heterocycles. The molecule has 2 N–H and O–H groups in total. The van der Waals surface area contributed by atoms with Crippen molar-refractivity contribution in [1.29, 1.82) is 0 Å². The summed E-state index contributed by atoms with van der Waals surface area (Å²) < 4.78 is 0. The molecule has 1 aromatic carbocycles. The van der Waals surface area contributed by atoms with E-state index < -0.39 is 11.6 Å². The van der Waals surface area contributed by atoms with E-state index in [0.717, 1.165) is 54.0 Å². The molecule has 1 spiro atoms. The summed E-state index contributed by atoms with van der Waals surface area (Å²) in [7, 11) is 1.71. The molecule has 1 aromatic heterocycles. The van der Waals surface area contributed by atoms with Crippen molar-refractivity contribution < 1.29 is 14.4 Å². The third kappa shape index (κ3) is 4.47. The number of aryl methyl sites for hydroxylation is 1. The number of nitrogens with zero attached hydrogens (tertiary/aromatic N) is 3. The predicted octanol–water partition coefficient (Wildman–Crippen LogP) is 2.72. The van der Waals surface area contributed by atoms with Gasteiger partial charge < -0.3 is 10.2 Å². The van der Waals surface area contributed by atoms with Crippen LogP contribution >= 0.6 is 0 Å². The standard InChI is InChI=1S/C23H29N5O3/c1-27(14-8-11-18-15-19(26-25-18)17-9-4-2-5-10-17)20(29)16-28-21(30)23(24-22(28)31)12-6-3-7-13-23/h2,4-5,9-10,15H,3,6-8,11-14,16H2,1H3,(H,24,31)(H,25,26). The summed E-state index contributed by atoms with van der Waals surface area (Å²) in [5.74, 6) is -0.476. The average Bonchev–Trinajstić information content (AvgIpc) is 3.34. The zero-order valence-corrected chi connectivity index (χ0v) is 17.9. The van der Waals surface area contributed by atoms with Gasteiger partial charge in [-0.15, -0.1) is 0 Å². The molecular weight excluding hydrogens is 394 g/mol. The molecule has 164 valence electrons. The van der Waals surface area contributed by atoms with Gasteiger partial charge in [0.2, 0.25) is 5.91 Å². The Kier molecular flexibility index (Phi) is 6.06. The van der Waals surface area contributed by atoms with Crippen molar-refractivity contribution in [2.24, 2.45) is 0 Å². The number of carbonyl (C=O) groups is 3. The smallest absolute Gasteiger partial charge is 0.325 e. The molecular formula is C23H29N5O3. The van der Waals surface area contributed by atoms with Gasteiger partial charge in [0.05, 0.1) is 5.69 Å². The Morgan fingerprint density at radius 2 is 1.90 bits per heavy atom. The van der Waals surface area contributed by atoms with E-state index in [2.05, 4.69) is 15.5 Å². The van der Waals surface area contributed by atoms with Gasteiger partial charge in [-0.3, -0.25) is 19.6 Å². The highest BCUT2D eigenvalue weighted by Crippen LogP contribution is 2.33. The number of aromatic nitrogens is 2. The van der Waals surface area contributed by atoms with Gasteiger partial charge in [0.25, 0.3) is 5.91 Å². The van der Waals surface area contributed by atoms with Gasteiger partial charge in [-0.1, -0.05) is 49.6 Å². The normalized spacial score (nSPS) is 17.8. The second-order valence-electron chi connectivity index (χ2n) is 8.53. The summed E-state index contributed by atoms with van der Waals surface area (Å²) in [6.07, 6.45) is 5.75. The number of carbonyl (C=O) groups excluding carboxylic acids is 3. The summed E-state index contributed by atoms with van der Waals surface area (Å²) >= 11 is 0. The van der Waals surface area contributed by atoms with Gasteiger partial charge in [-0.2, -0.15) is 5.10 Å². The zero-order valence-electron chi connectivity index (χ0n) is 17.9. The number of urea groups is 1. The van der Waals surface area contributed by atoms with Crippen LogP contribution in [0.2, 0.25) is 0 Å². The van der Waals surface area contributed by atoms with Gasteiger partial charge in [0, 0.05) is 24.8 Å². The van der Waals surface area contributed by atoms with Crippen LogP contribution in [0.5, 0.6) is 0 Å². The number of amides is 4. The molecule has 0 atom stereocenters. The number of aromatic amines is 1. The van der Waals surface area contributed by atoms with Crippen LogP contribution in [0.4, 0.5) is 4.79 Å². The molecule has 4 rings (SSSR count). The van der Waals surface area contributed by atoms with Crippen LogP contribution in [0.15, 0.2) is 36.4 Å². The number of hydrogen-bond acceptors (Lipinski definition) is 4. The van der Waals surface area contributed by atoms with Crippen LogP contribution in [-0.2, 0) is 16.0 Å². The first kappa shape index (κ1) is 21.1. The number of H-pyrrole nitrogens is 1. The molecule has 2 fully saturated rings. The van der Waals surface area contributed by atoms with E-state index in [9.17, 15) is 14.4 Å². The van der Waals surface area contributed by atoms with Crippen molar-refractivity contribution in [2.75, 3.05) is 20.1 Å². The molecule has 1 aliphatic carbocycles. The van der Waals surface area contributed by atoms with Gasteiger partial charge in [-0.05, 0) is 31.7 Å². The van der Waals surface area contributed by atoms with Crippen molar-refractivity contribution in [1.82, 2.24) is 25.3 Å². The lowest BCUT2D eigenvalue weighted by atomic mass is 9.82. The lowest BCUT2D eigenvalue weighted by Gasteiger charge is -2.30. The SMILES string of the molecule is CN(CCCc1cc(-c2ccccc2)n[nH]1)C(=O)CN1C(=O)NC2(CCCCC2)C1=O. The van der Waals surface area contributed by atoms with Gasteiger partial charge >= 0.3 is 6.03 Å². The minimum Gasteiger partial charge on any atom is -0.344 e. The number of likely N-dealkylation sites (N-methyl/N-ethyl adjacent to an activating group) is 1. The molecule has 4 amide bonds. The van der Waals surface area contributed by atoms with Crippen LogP contribution in [0.25, 0.3) is 11.3 Å². The van der Waals surface area contributed by atoms with Crippen molar-refractivity contribution >= 4 is 17.8 Å². The fraction of sp³-hybridized carbons (Fsp3) is 0.478. The number of rotatable bonds is 7.